The average molecular weight is 1190 g/mol. The summed E-state index contributed by atoms with van der Waals surface area (Å²) in [5, 5.41) is 11.8. The number of likely N-dealkylation sites (N-methyl/N-ethyl adjacent to an activating group) is 1. The Morgan fingerprint density at radius 2 is 0.671 bits per heavy atom. The van der Waals surface area contributed by atoms with Crippen LogP contribution in [0, 0.1) is 0 Å². The van der Waals surface area contributed by atoms with Gasteiger partial charge in [-0.25, -0.2) is 0 Å². The number of allylic oxidation sites excluding steroid dienone is 18. The standard InChI is InChI=1S/C76H131NO8/c1-6-8-10-12-14-16-18-20-22-24-26-28-30-32-34-36-37-39-41-43-45-47-49-51-53-55-57-59-61-63-65-67-74(79)85-72(71-84-76(75(80)81)82-69-68-77(3,4)5)70-83-73(78)66-64-62-60-58-56-54-52-50-48-46-44-42-40-38-35-33-31-29-27-25-23-21-19-17-15-13-11-9-7-2/h8,10,14,16,19-22,25-28,31-34,37,39,72,76H,6-7,9,11-13,15,17-18,23-24,29-30,35-36,38,40-71H2,1-5H3/b10-8-,16-14-,21-19-,22-20-,27-25-,28-26-,33-31-,34-32-,39-37-. The highest BCUT2D eigenvalue weighted by molar-refractivity contribution is 5.70. The molecule has 85 heavy (non-hydrogen) atoms. The maximum Gasteiger partial charge on any atom is 0.306 e. The fraction of sp³-hybridized carbons (Fsp3) is 0.724. The van der Waals surface area contributed by atoms with Crippen molar-refractivity contribution in [3.8, 4) is 0 Å². The maximum atomic E-state index is 12.9. The Hall–Kier alpha value is -4.05. The van der Waals surface area contributed by atoms with Crippen LogP contribution < -0.4 is 5.11 Å². The number of carbonyl (C=O) groups excluding carboxylic acids is 3. The van der Waals surface area contributed by atoms with Gasteiger partial charge in [0.05, 0.1) is 40.3 Å². The third kappa shape index (κ3) is 67.3. The quantitative estimate of drug-likeness (QED) is 0.0195. The molecule has 0 aliphatic heterocycles. The van der Waals surface area contributed by atoms with E-state index in [4.69, 9.17) is 18.9 Å². The summed E-state index contributed by atoms with van der Waals surface area (Å²) < 4.78 is 22.8. The molecular formula is C76H131NO8. The lowest BCUT2D eigenvalue weighted by molar-refractivity contribution is -0.870. The molecule has 2 unspecified atom stereocenters. The molecule has 0 rings (SSSR count). The summed E-state index contributed by atoms with van der Waals surface area (Å²) in [6.07, 6.45) is 88.7. The highest BCUT2D eigenvalue weighted by Crippen LogP contribution is 2.17. The van der Waals surface area contributed by atoms with Crippen LogP contribution in [0.15, 0.2) is 109 Å². The normalized spacial score (nSPS) is 13.4. The van der Waals surface area contributed by atoms with E-state index in [9.17, 15) is 19.5 Å². The first kappa shape index (κ1) is 81.0. The van der Waals surface area contributed by atoms with Crippen LogP contribution in [0.1, 0.15) is 296 Å². The number of rotatable bonds is 64. The molecule has 0 saturated heterocycles. The first-order valence-electron chi connectivity index (χ1n) is 35.0. The molecule has 488 valence electrons. The largest absolute Gasteiger partial charge is 0.545 e. The van der Waals surface area contributed by atoms with Gasteiger partial charge in [-0.2, -0.15) is 0 Å². The number of aliphatic carboxylic acids is 1. The van der Waals surface area contributed by atoms with Gasteiger partial charge < -0.3 is 33.3 Å². The molecule has 0 aliphatic rings. The first-order valence-corrected chi connectivity index (χ1v) is 35.0. The molecule has 0 heterocycles. The Morgan fingerprint density at radius 1 is 0.365 bits per heavy atom. The second-order valence-electron chi connectivity index (χ2n) is 24.4. The number of quaternary nitrogens is 1. The molecule has 0 aromatic rings. The minimum atomic E-state index is -1.63. The van der Waals surface area contributed by atoms with E-state index in [1.165, 1.54) is 173 Å². The van der Waals surface area contributed by atoms with Crippen molar-refractivity contribution in [2.45, 2.75) is 309 Å². The van der Waals surface area contributed by atoms with Crippen molar-refractivity contribution in [3.63, 3.8) is 0 Å². The van der Waals surface area contributed by atoms with Crippen molar-refractivity contribution < 1.29 is 42.9 Å². The zero-order chi connectivity index (χ0) is 61.9. The van der Waals surface area contributed by atoms with E-state index in [0.29, 0.717) is 17.4 Å². The second kappa shape index (κ2) is 65.9. The molecule has 0 saturated carbocycles. The van der Waals surface area contributed by atoms with E-state index < -0.39 is 24.3 Å². The van der Waals surface area contributed by atoms with Crippen molar-refractivity contribution in [2.24, 2.45) is 0 Å². The average Bonchev–Trinajstić information content (AvgIpc) is 3.49. The van der Waals surface area contributed by atoms with Crippen molar-refractivity contribution >= 4 is 17.9 Å². The number of hydrogen-bond acceptors (Lipinski definition) is 8. The Balaban J connectivity index is 4.14. The molecule has 9 heteroatoms. The third-order valence-corrected chi connectivity index (χ3v) is 15.0. The van der Waals surface area contributed by atoms with E-state index in [0.717, 1.165) is 89.9 Å². The number of ether oxygens (including phenoxy) is 4. The Morgan fingerprint density at radius 3 is 1.00 bits per heavy atom. The summed E-state index contributed by atoms with van der Waals surface area (Å²) in [6.45, 7) is 4.64. The van der Waals surface area contributed by atoms with Crippen LogP contribution in [-0.2, 0) is 33.3 Å². The van der Waals surface area contributed by atoms with E-state index in [2.05, 4.69) is 123 Å². The third-order valence-electron chi connectivity index (χ3n) is 15.0. The zero-order valence-corrected chi connectivity index (χ0v) is 55.7. The van der Waals surface area contributed by atoms with E-state index in [-0.39, 0.29) is 38.6 Å². The predicted molar refractivity (Wildman–Crippen MR) is 361 cm³/mol. The molecule has 0 N–H and O–H groups in total. The minimum Gasteiger partial charge on any atom is -0.545 e. The van der Waals surface area contributed by atoms with Crippen molar-refractivity contribution in [3.05, 3.63) is 109 Å². The van der Waals surface area contributed by atoms with Gasteiger partial charge in [0.2, 0.25) is 0 Å². The Bertz CT molecular complexity index is 1760. The lowest BCUT2D eigenvalue weighted by Gasteiger charge is -2.26. The molecule has 0 aromatic carbocycles. The van der Waals surface area contributed by atoms with Gasteiger partial charge >= 0.3 is 11.9 Å². The van der Waals surface area contributed by atoms with Crippen LogP contribution in [0.25, 0.3) is 0 Å². The second-order valence-corrected chi connectivity index (χ2v) is 24.4. The number of carboxylic acids is 1. The van der Waals surface area contributed by atoms with Gasteiger partial charge in [0.25, 0.3) is 0 Å². The van der Waals surface area contributed by atoms with Gasteiger partial charge in [0, 0.05) is 12.8 Å². The summed E-state index contributed by atoms with van der Waals surface area (Å²) in [5.74, 6) is -2.28. The van der Waals surface area contributed by atoms with Crippen LogP contribution in [0.4, 0.5) is 0 Å². The van der Waals surface area contributed by atoms with Crippen LogP contribution in [0.5, 0.6) is 0 Å². The van der Waals surface area contributed by atoms with Gasteiger partial charge in [0.1, 0.15) is 13.2 Å². The van der Waals surface area contributed by atoms with Gasteiger partial charge in [-0.3, -0.25) is 9.59 Å². The monoisotopic (exact) mass is 1190 g/mol. The summed E-state index contributed by atoms with van der Waals surface area (Å²) in [4.78, 5) is 37.5. The molecule has 0 radical (unpaired) electrons. The highest BCUT2D eigenvalue weighted by atomic mass is 16.7. The topological polar surface area (TPSA) is 111 Å². The lowest BCUT2D eigenvalue weighted by atomic mass is 10.0. The van der Waals surface area contributed by atoms with E-state index >= 15 is 0 Å². The minimum absolute atomic E-state index is 0.143. The fourth-order valence-electron chi connectivity index (χ4n) is 9.67. The number of carbonyl (C=O) groups is 3. The first-order chi connectivity index (χ1) is 41.6. The number of unbranched alkanes of at least 4 members (excludes halogenated alkanes) is 31. The zero-order valence-electron chi connectivity index (χ0n) is 55.7. The Labute approximate surface area is 524 Å². The van der Waals surface area contributed by atoms with E-state index in [1.54, 1.807) is 0 Å². The smallest absolute Gasteiger partial charge is 0.306 e. The predicted octanol–water partition coefficient (Wildman–Crippen LogP) is 20.5. The highest BCUT2D eigenvalue weighted by Gasteiger charge is 2.22. The Kier molecular flexibility index (Phi) is 62.8. The molecule has 0 aromatic heterocycles. The van der Waals surface area contributed by atoms with Gasteiger partial charge in [-0.1, -0.05) is 290 Å². The summed E-state index contributed by atoms with van der Waals surface area (Å²) in [7, 11) is 5.93. The van der Waals surface area contributed by atoms with Gasteiger partial charge in [-0.15, -0.1) is 0 Å². The molecule has 0 spiro atoms. The number of carboxylic acid groups (broad SMARTS) is 1. The van der Waals surface area contributed by atoms with Crippen molar-refractivity contribution in [1.29, 1.82) is 0 Å². The van der Waals surface area contributed by atoms with Crippen LogP contribution in [0.3, 0.4) is 0 Å². The molecule has 0 fully saturated rings. The van der Waals surface area contributed by atoms with Crippen LogP contribution >= 0.6 is 0 Å². The van der Waals surface area contributed by atoms with Crippen molar-refractivity contribution in [2.75, 3.05) is 47.5 Å². The number of hydrogen-bond donors (Lipinski definition) is 0. The SMILES string of the molecule is CC/C=C\C/C=C\C/C=C\C/C=C\C/C=C\C/C=C\CCCCCCCCCCCCCCC(=O)OC(COC(=O)CCCCCCCCCCCCCCCC/C=C\C/C=C\C/C=C\CCCCCCC)COC(OCC[N+](C)(C)C)C(=O)[O-]. The van der Waals surface area contributed by atoms with Crippen LogP contribution in [0.2, 0.25) is 0 Å². The number of nitrogens with zero attached hydrogens (tertiary/aromatic N) is 1. The molecule has 9 nitrogen and oxygen atoms in total. The van der Waals surface area contributed by atoms with Gasteiger partial charge in [0.15, 0.2) is 12.4 Å². The molecular weight excluding hydrogens is 1050 g/mol. The molecule has 2 atom stereocenters. The van der Waals surface area contributed by atoms with Crippen molar-refractivity contribution in [1.82, 2.24) is 0 Å². The maximum absolute atomic E-state index is 12.9. The summed E-state index contributed by atoms with van der Waals surface area (Å²) in [5.41, 5.74) is 0. The van der Waals surface area contributed by atoms with Gasteiger partial charge in [-0.05, 0) is 103 Å². The molecule has 0 bridgehead atoms. The van der Waals surface area contributed by atoms with E-state index in [1.807, 2.05) is 21.1 Å². The molecule has 0 aliphatic carbocycles. The lowest BCUT2D eigenvalue weighted by Crippen LogP contribution is -2.44. The van der Waals surface area contributed by atoms with Crippen LogP contribution in [-0.4, -0.2) is 82.3 Å². The summed E-state index contributed by atoms with van der Waals surface area (Å²) >= 11 is 0. The number of esters is 2. The molecule has 0 amide bonds. The fourth-order valence-corrected chi connectivity index (χ4v) is 9.67. The summed E-state index contributed by atoms with van der Waals surface area (Å²) in [6, 6.07) is 0.